The van der Waals surface area contributed by atoms with Gasteiger partial charge in [-0.15, -0.1) is 11.8 Å². The number of nitrogens with zero attached hydrogens (tertiary/aromatic N) is 3. The second kappa shape index (κ2) is 13.5. The Bertz CT molecular complexity index is 1960. The summed E-state index contributed by atoms with van der Waals surface area (Å²) in [6.07, 6.45) is 3.03. The van der Waals surface area contributed by atoms with E-state index in [0.717, 1.165) is 21.8 Å². The van der Waals surface area contributed by atoms with Crippen LogP contribution in [0.4, 0.5) is 5.69 Å². The van der Waals surface area contributed by atoms with E-state index in [1.807, 2.05) is 60.9 Å². The largest absolute Gasteiger partial charge is 0.493 e. The number of aromatic nitrogens is 1. The number of methoxy groups -OCH3 is 1. The zero-order valence-electron chi connectivity index (χ0n) is 25.3. The third kappa shape index (κ3) is 6.71. The Balaban J connectivity index is 1.64. The number of carbonyl (C=O) groups excluding carboxylic acids is 1. The SMILES string of the molecule is COc1cc(/C=c2\sc3n(c2=O)[C@@H](c2ccc(SC)cc2)C(C(=O)OC(C)C)=C(C)N=3)c([N+](=O)[O-])cc1OCc1ccccc1. The summed E-state index contributed by atoms with van der Waals surface area (Å²) >= 11 is 2.66. The van der Waals surface area contributed by atoms with E-state index in [1.165, 1.54) is 29.9 Å². The predicted octanol–water partition coefficient (Wildman–Crippen LogP) is 5.40. The van der Waals surface area contributed by atoms with Crippen LogP contribution in [-0.4, -0.2) is 34.9 Å². The minimum atomic E-state index is -0.802. The number of ether oxygens (including phenoxy) is 3. The molecule has 0 bridgehead atoms. The van der Waals surface area contributed by atoms with Crippen molar-refractivity contribution in [2.24, 2.45) is 4.99 Å². The summed E-state index contributed by atoms with van der Waals surface area (Å²) in [7, 11) is 1.44. The predicted molar refractivity (Wildman–Crippen MR) is 174 cm³/mol. The first-order valence-electron chi connectivity index (χ1n) is 14.0. The van der Waals surface area contributed by atoms with Gasteiger partial charge in [0.1, 0.15) is 6.61 Å². The Labute approximate surface area is 267 Å². The zero-order chi connectivity index (χ0) is 32.2. The molecule has 1 atom stereocenters. The highest BCUT2D eigenvalue weighted by Gasteiger charge is 2.34. The van der Waals surface area contributed by atoms with E-state index in [-0.39, 0.29) is 45.6 Å². The molecule has 0 saturated carbocycles. The highest BCUT2D eigenvalue weighted by molar-refractivity contribution is 7.98. The standard InChI is InChI=1S/C33H31N3O7S2/c1-19(2)43-32(38)29-20(3)34-33-35(30(29)22-11-13-24(44-5)14-12-22)31(37)28(45-33)16-23-15-26(41-4)27(17-25(23)36(39)40)42-18-21-9-7-6-8-10-21/h6-17,19,30H,18H2,1-5H3/b28-16-/t30-/m0/s1. The second-order valence-corrected chi connectivity index (χ2v) is 12.3. The number of nitro groups is 1. The quantitative estimate of drug-likeness (QED) is 0.0972. The number of rotatable bonds is 10. The van der Waals surface area contributed by atoms with Crippen molar-refractivity contribution in [3.8, 4) is 11.5 Å². The van der Waals surface area contributed by atoms with E-state index < -0.39 is 22.5 Å². The van der Waals surface area contributed by atoms with Crippen LogP contribution in [-0.2, 0) is 16.1 Å². The Kier molecular flexibility index (Phi) is 9.54. The van der Waals surface area contributed by atoms with Gasteiger partial charge in [-0.3, -0.25) is 19.5 Å². The van der Waals surface area contributed by atoms with Crippen molar-refractivity contribution in [3.05, 3.63) is 124 Å². The highest BCUT2D eigenvalue weighted by Crippen LogP contribution is 2.36. The molecule has 0 saturated heterocycles. The van der Waals surface area contributed by atoms with E-state index in [4.69, 9.17) is 14.2 Å². The van der Waals surface area contributed by atoms with E-state index in [1.54, 1.807) is 32.5 Å². The van der Waals surface area contributed by atoms with Gasteiger partial charge < -0.3 is 14.2 Å². The van der Waals surface area contributed by atoms with Crippen LogP contribution in [0.1, 0.15) is 43.5 Å². The lowest BCUT2D eigenvalue weighted by Gasteiger charge is -2.25. The number of hydrogen-bond acceptors (Lipinski definition) is 10. The van der Waals surface area contributed by atoms with Crippen molar-refractivity contribution in [1.82, 2.24) is 4.57 Å². The Morgan fingerprint density at radius 3 is 2.47 bits per heavy atom. The average Bonchev–Trinajstić information content (AvgIpc) is 3.33. The maximum Gasteiger partial charge on any atom is 0.338 e. The van der Waals surface area contributed by atoms with Crippen molar-refractivity contribution in [2.45, 2.75) is 44.4 Å². The molecule has 4 aromatic rings. The number of thiazole rings is 1. The van der Waals surface area contributed by atoms with Gasteiger partial charge in [0.25, 0.3) is 11.2 Å². The van der Waals surface area contributed by atoms with E-state index >= 15 is 0 Å². The van der Waals surface area contributed by atoms with Crippen LogP contribution >= 0.6 is 23.1 Å². The first kappa shape index (κ1) is 31.7. The molecular weight excluding hydrogens is 615 g/mol. The topological polar surface area (TPSA) is 122 Å². The summed E-state index contributed by atoms with van der Waals surface area (Å²) in [5, 5.41) is 12.2. The average molecular weight is 646 g/mol. The molecule has 0 radical (unpaired) electrons. The molecule has 1 aliphatic heterocycles. The molecule has 10 nitrogen and oxygen atoms in total. The van der Waals surface area contributed by atoms with Gasteiger partial charge in [-0.25, -0.2) is 9.79 Å². The molecular formula is C33H31N3O7S2. The first-order chi connectivity index (χ1) is 21.6. The summed E-state index contributed by atoms with van der Waals surface area (Å²) in [5.74, 6) is -0.0906. The normalized spacial score (nSPS) is 14.6. The van der Waals surface area contributed by atoms with Gasteiger partial charge in [-0.05, 0) is 62.4 Å². The van der Waals surface area contributed by atoms with Crippen molar-refractivity contribution >= 4 is 40.8 Å². The zero-order valence-corrected chi connectivity index (χ0v) is 26.9. The molecule has 0 amide bonds. The molecule has 0 N–H and O–H groups in total. The van der Waals surface area contributed by atoms with Crippen molar-refractivity contribution < 1.29 is 23.9 Å². The summed E-state index contributed by atoms with van der Waals surface area (Å²) in [6, 6.07) is 19.0. The lowest BCUT2D eigenvalue weighted by Crippen LogP contribution is -2.40. The van der Waals surface area contributed by atoms with E-state index in [9.17, 15) is 19.7 Å². The number of allylic oxidation sites excluding steroid dienone is 1. The van der Waals surface area contributed by atoms with Crippen LogP contribution in [0.15, 0.2) is 92.7 Å². The highest BCUT2D eigenvalue weighted by atomic mass is 32.2. The van der Waals surface area contributed by atoms with Crippen LogP contribution in [0.2, 0.25) is 0 Å². The lowest BCUT2D eigenvalue weighted by molar-refractivity contribution is -0.385. The number of nitro benzene ring substituents is 1. The fraction of sp³-hybridized carbons (Fsp3) is 0.242. The van der Waals surface area contributed by atoms with Gasteiger partial charge in [-0.1, -0.05) is 53.8 Å². The van der Waals surface area contributed by atoms with Crippen LogP contribution in [0.25, 0.3) is 6.08 Å². The van der Waals surface area contributed by atoms with Gasteiger partial charge in [0.2, 0.25) is 0 Å². The monoisotopic (exact) mass is 645 g/mol. The van der Waals surface area contributed by atoms with Crippen molar-refractivity contribution in [2.75, 3.05) is 13.4 Å². The van der Waals surface area contributed by atoms with Gasteiger partial charge in [-0.2, -0.15) is 0 Å². The molecule has 2 heterocycles. The number of fused-ring (bicyclic) bond motifs is 1. The van der Waals surface area contributed by atoms with Gasteiger partial charge >= 0.3 is 5.97 Å². The molecule has 0 spiro atoms. The smallest absolute Gasteiger partial charge is 0.338 e. The van der Waals surface area contributed by atoms with E-state index in [0.29, 0.717) is 16.1 Å². The third-order valence-electron chi connectivity index (χ3n) is 7.05. The minimum absolute atomic E-state index is 0.158. The Morgan fingerprint density at radius 2 is 1.84 bits per heavy atom. The van der Waals surface area contributed by atoms with Crippen LogP contribution in [0.3, 0.4) is 0 Å². The fourth-order valence-corrected chi connectivity index (χ4v) is 6.40. The lowest BCUT2D eigenvalue weighted by atomic mass is 9.96. The second-order valence-electron chi connectivity index (χ2n) is 10.4. The number of carbonyl (C=O) groups is 1. The summed E-state index contributed by atoms with van der Waals surface area (Å²) in [5.41, 5.74) is 1.73. The maximum absolute atomic E-state index is 14.1. The van der Waals surface area contributed by atoms with Crippen LogP contribution in [0.5, 0.6) is 11.5 Å². The summed E-state index contributed by atoms with van der Waals surface area (Å²) in [4.78, 5) is 45.1. The molecule has 12 heteroatoms. The molecule has 1 aliphatic rings. The molecule has 5 rings (SSSR count). The minimum Gasteiger partial charge on any atom is -0.493 e. The molecule has 232 valence electrons. The van der Waals surface area contributed by atoms with Crippen molar-refractivity contribution in [1.29, 1.82) is 0 Å². The number of thioether (sulfide) groups is 1. The first-order valence-corrected chi connectivity index (χ1v) is 16.1. The van der Waals surface area contributed by atoms with Crippen LogP contribution < -0.4 is 24.4 Å². The number of hydrogen-bond donors (Lipinski definition) is 0. The summed E-state index contributed by atoms with van der Waals surface area (Å²) < 4.78 is 18.6. The third-order valence-corrected chi connectivity index (χ3v) is 8.78. The molecule has 0 aliphatic carbocycles. The van der Waals surface area contributed by atoms with Crippen molar-refractivity contribution in [3.63, 3.8) is 0 Å². The van der Waals surface area contributed by atoms with Gasteiger partial charge in [0.05, 0.1) is 51.6 Å². The van der Waals surface area contributed by atoms with Crippen LogP contribution in [0, 0.1) is 10.1 Å². The Morgan fingerprint density at radius 1 is 1.13 bits per heavy atom. The van der Waals surface area contributed by atoms with Gasteiger partial charge in [0, 0.05) is 4.90 Å². The fourth-order valence-electron chi connectivity index (χ4n) is 4.95. The molecule has 0 fully saturated rings. The number of esters is 1. The number of benzene rings is 3. The molecule has 0 unspecified atom stereocenters. The molecule has 3 aromatic carbocycles. The van der Waals surface area contributed by atoms with E-state index in [2.05, 4.69) is 4.99 Å². The molecule has 45 heavy (non-hydrogen) atoms. The summed E-state index contributed by atoms with van der Waals surface area (Å²) in [6.45, 7) is 5.40. The maximum atomic E-state index is 14.1. The van der Waals surface area contributed by atoms with Gasteiger partial charge in [0.15, 0.2) is 16.3 Å². The molecule has 1 aromatic heterocycles. The Hall–Kier alpha value is -4.68.